The molecule has 0 saturated heterocycles. The molecular weight excluding hydrogens is 354 g/mol. The number of hydrogen-bond acceptors (Lipinski definition) is 4. The smallest absolute Gasteiger partial charge is 0.319 e. The first-order chi connectivity index (χ1) is 12.7. The summed E-state index contributed by atoms with van der Waals surface area (Å²) in [6.07, 6.45) is 3.19. The zero-order valence-electron chi connectivity index (χ0n) is 14.1. The molecule has 2 aromatic carbocycles. The van der Waals surface area contributed by atoms with Gasteiger partial charge in [0.1, 0.15) is 5.75 Å². The molecule has 0 spiro atoms. The number of nitrogens with zero attached hydrogens (tertiary/aromatic N) is 3. The summed E-state index contributed by atoms with van der Waals surface area (Å²) in [7, 11) is 1.53. The Bertz CT molecular complexity index is 855. The van der Waals surface area contributed by atoms with Crippen molar-refractivity contribution in [2.75, 3.05) is 12.4 Å². The van der Waals surface area contributed by atoms with Crippen molar-refractivity contribution in [2.45, 2.75) is 12.6 Å². The van der Waals surface area contributed by atoms with Crippen molar-refractivity contribution in [3.05, 3.63) is 71.5 Å². The van der Waals surface area contributed by atoms with E-state index in [9.17, 15) is 4.79 Å². The molecule has 0 fully saturated rings. The number of urea groups is 1. The van der Waals surface area contributed by atoms with E-state index < -0.39 is 0 Å². The van der Waals surface area contributed by atoms with Crippen LogP contribution >= 0.6 is 11.6 Å². The number of aromatic nitrogens is 3. The van der Waals surface area contributed by atoms with Crippen LogP contribution in [0, 0.1) is 0 Å². The van der Waals surface area contributed by atoms with Gasteiger partial charge in [-0.2, -0.15) is 15.0 Å². The Morgan fingerprint density at radius 3 is 2.62 bits per heavy atom. The molecule has 134 valence electrons. The topological polar surface area (TPSA) is 81.1 Å². The minimum absolute atomic E-state index is 0.311. The van der Waals surface area contributed by atoms with Gasteiger partial charge in [-0.05, 0) is 23.8 Å². The number of anilines is 1. The molecule has 0 aliphatic carbocycles. The van der Waals surface area contributed by atoms with Crippen LogP contribution in [0.15, 0.2) is 60.9 Å². The summed E-state index contributed by atoms with van der Waals surface area (Å²) in [6.45, 7) is 0.400. The number of carbonyl (C=O) groups excluding carboxylic acids is 1. The van der Waals surface area contributed by atoms with Gasteiger partial charge in [0.15, 0.2) is 0 Å². The van der Waals surface area contributed by atoms with E-state index in [1.165, 1.54) is 11.9 Å². The Morgan fingerprint density at radius 2 is 1.92 bits per heavy atom. The van der Waals surface area contributed by atoms with E-state index in [0.717, 1.165) is 5.56 Å². The Hall–Kier alpha value is -3.06. The molecule has 0 radical (unpaired) electrons. The van der Waals surface area contributed by atoms with E-state index in [-0.39, 0.29) is 12.1 Å². The second kappa shape index (κ2) is 8.35. The predicted molar refractivity (Wildman–Crippen MR) is 99.4 cm³/mol. The van der Waals surface area contributed by atoms with Crippen molar-refractivity contribution in [2.24, 2.45) is 0 Å². The molecular formula is C18H18ClN5O2. The number of carbonyl (C=O) groups is 1. The summed E-state index contributed by atoms with van der Waals surface area (Å²) < 4.78 is 5.25. The SMILES string of the molecule is COc1ccc(Cl)cc1NC(=O)NC(Cn1nccn1)c1ccccc1. The second-order valence-electron chi connectivity index (χ2n) is 5.49. The summed E-state index contributed by atoms with van der Waals surface area (Å²) in [4.78, 5) is 14.1. The van der Waals surface area contributed by atoms with Crippen molar-refractivity contribution < 1.29 is 9.53 Å². The van der Waals surface area contributed by atoms with Gasteiger partial charge in [-0.25, -0.2) is 4.79 Å². The highest BCUT2D eigenvalue weighted by Crippen LogP contribution is 2.27. The lowest BCUT2D eigenvalue weighted by atomic mass is 10.1. The van der Waals surface area contributed by atoms with Crippen LogP contribution in [-0.2, 0) is 6.54 Å². The van der Waals surface area contributed by atoms with Crippen LogP contribution in [-0.4, -0.2) is 28.1 Å². The lowest BCUT2D eigenvalue weighted by Crippen LogP contribution is -2.35. The maximum absolute atomic E-state index is 12.5. The largest absolute Gasteiger partial charge is 0.495 e. The van der Waals surface area contributed by atoms with Gasteiger partial charge in [0.25, 0.3) is 0 Å². The highest BCUT2D eigenvalue weighted by Gasteiger charge is 2.17. The molecule has 2 N–H and O–H groups in total. The number of methoxy groups -OCH3 is 1. The molecule has 2 amide bonds. The molecule has 0 bridgehead atoms. The van der Waals surface area contributed by atoms with Crippen molar-refractivity contribution in [3.63, 3.8) is 0 Å². The van der Waals surface area contributed by atoms with Crippen molar-refractivity contribution >= 4 is 23.3 Å². The summed E-state index contributed by atoms with van der Waals surface area (Å²) >= 11 is 6.01. The molecule has 0 aliphatic heterocycles. The second-order valence-corrected chi connectivity index (χ2v) is 5.93. The van der Waals surface area contributed by atoms with E-state index >= 15 is 0 Å². The van der Waals surface area contributed by atoms with Crippen LogP contribution in [0.25, 0.3) is 0 Å². The van der Waals surface area contributed by atoms with Gasteiger partial charge in [-0.1, -0.05) is 41.9 Å². The average Bonchev–Trinajstić information content (AvgIpc) is 3.15. The highest BCUT2D eigenvalue weighted by molar-refractivity contribution is 6.31. The third-order valence-corrected chi connectivity index (χ3v) is 3.96. The number of amides is 2. The quantitative estimate of drug-likeness (QED) is 0.694. The van der Waals surface area contributed by atoms with Crippen LogP contribution in [0.3, 0.4) is 0 Å². The molecule has 1 unspecified atom stereocenters. The lowest BCUT2D eigenvalue weighted by molar-refractivity contribution is 0.246. The van der Waals surface area contributed by atoms with E-state index in [1.807, 2.05) is 30.3 Å². The first-order valence-corrected chi connectivity index (χ1v) is 8.33. The van der Waals surface area contributed by atoms with Gasteiger partial charge in [-0.15, -0.1) is 0 Å². The number of benzene rings is 2. The number of rotatable bonds is 6. The van der Waals surface area contributed by atoms with Gasteiger partial charge in [0.05, 0.1) is 37.8 Å². The van der Waals surface area contributed by atoms with Gasteiger partial charge in [0.2, 0.25) is 0 Å². The minimum Gasteiger partial charge on any atom is -0.495 e. The van der Waals surface area contributed by atoms with Crippen LogP contribution in [0.4, 0.5) is 10.5 Å². The zero-order chi connectivity index (χ0) is 18.4. The molecule has 1 atom stereocenters. The highest BCUT2D eigenvalue weighted by atomic mass is 35.5. The average molecular weight is 372 g/mol. The summed E-state index contributed by atoms with van der Waals surface area (Å²) in [6, 6.07) is 14.0. The maximum atomic E-state index is 12.5. The number of nitrogens with one attached hydrogen (secondary N) is 2. The van der Waals surface area contributed by atoms with Crippen molar-refractivity contribution in [1.29, 1.82) is 0 Å². The number of hydrogen-bond donors (Lipinski definition) is 2. The third kappa shape index (κ3) is 4.52. The van der Waals surface area contributed by atoms with Crippen LogP contribution in [0.2, 0.25) is 5.02 Å². The molecule has 1 heterocycles. The van der Waals surface area contributed by atoms with Crippen LogP contribution in [0.1, 0.15) is 11.6 Å². The van der Waals surface area contributed by atoms with Crippen molar-refractivity contribution in [1.82, 2.24) is 20.3 Å². The van der Waals surface area contributed by atoms with E-state index in [1.54, 1.807) is 30.6 Å². The Morgan fingerprint density at radius 1 is 1.19 bits per heavy atom. The molecule has 7 nitrogen and oxygen atoms in total. The molecule has 8 heteroatoms. The van der Waals surface area contributed by atoms with E-state index in [2.05, 4.69) is 20.8 Å². The minimum atomic E-state index is -0.383. The number of halogens is 1. The number of ether oxygens (including phenoxy) is 1. The van der Waals surface area contributed by atoms with E-state index in [0.29, 0.717) is 23.0 Å². The predicted octanol–water partition coefficient (Wildman–Crippen LogP) is 3.50. The van der Waals surface area contributed by atoms with Crippen LogP contribution in [0.5, 0.6) is 5.75 Å². The van der Waals surface area contributed by atoms with Crippen molar-refractivity contribution in [3.8, 4) is 5.75 Å². The Kier molecular flexibility index (Phi) is 5.70. The molecule has 3 rings (SSSR count). The summed E-state index contributed by atoms with van der Waals surface area (Å²) in [5.74, 6) is 0.523. The fourth-order valence-corrected chi connectivity index (χ4v) is 2.69. The molecule has 3 aromatic rings. The summed E-state index contributed by atoms with van der Waals surface area (Å²) in [5.41, 5.74) is 1.43. The van der Waals surface area contributed by atoms with E-state index in [4.69, 9.17) is 16.3 Å². The maximum Gasteiger partial charge on any atom is 0.319 e. The molecule has 26 heavy (non-hydrogen) atoms. The third-order valence-electron chi connectivity index (χ3n) is 3.73. The fraction of sp³-hybridized carbons (Fsp3) is 0.167. The summed E-state index contributed by atoms with van der Waals surface area (Å²) in [5, 5.41) is 14.4. The van der Waals surface area contributed by atoms with Gasteiger partial charge in [-0.3, -0.25) is 0 Å². The van der Waals surface area contributed by atoms with Gasteiger partial charge >= 0.3 is 6.03 Å². The van der Waals surface area contributed by atoms with Gasteiger partial charge in [0, 0.05) is 5.02 Å². The first kappa shape index (κ1) is 17.8. The Balaban J connectivity index is 1.76. The molecule has 1 aromatic heterocycles. The molecule has 0 saturated carbocycles. The monoisotopic (exact) mass is 371 g/mol. The normalized spacial score (nSPS) is 11.6. The molecule has 0 aliphatic rings. The standard InChI is InChI=1S/C18H18ClN5O2/c1-26-17-8-7-14(19)11-15(17)22-18(25)23-16(12-24-20-9-10-21-24)13-5-3-2-4-6-13/h2-11,16H,12H2,1H3,(H2,22,23,25). The zero-order valence-corrected chi connectivity index (χ0v) is 14.8. The van der Waals surface area contributed by atoms with Gasteiger partial charge < -0.3 is 15.4 Å². The Labute approximate surface area is 155 Å². The first-order valence-electron chi connectivity index (χ1n) is 7.96. The van der Waals surface area contributed by atoms with Crippen LogP contribution < -0.4 is 15.4 Å². The lowest BCUT2D eigenvalue weighted by Gasteiger charge is -2.19. The fourth-order valence-electron chi connectivity index (χ4n) is 2.52.